The summed E-state index contributed by atoms with van der Waals surface area (Å²) in [5, 5.41) is 6.17. The summed E-state index contributed by atoms with van der Waals surface area (Å²) in [4.78, 5) is 20.5. The van der Waals surface area contributed by atoms with E-state index in [2.05, 4.69) is 43.2 Å². The molecule has 1 aromatic heterocycles. The van der Waals surface area contributed by atoms with Crippen LogP contribution in [-0.4, -0.2) is 29.5 Å². The molecule has 7 heteroatoms. The average molecular weight is 474 g/mol. The van der Waals surface area contributed by atoms with Gasteiger partial charge in [-0.25, -0.2) is 9.97 Å². The lowest BCUT2D eigenvalue weighted by Gasteiger charge is -2.09. The molecule has 6 nitrogen and oxygen atoms in total. The van der Waals surface area contributed by atoms with Gasteiger partial charge in [-0.15, -0.1) is 0 Å². The summed E-state index contributed by atoms with van der Waals surface area (Å²) in [6.07, 6.45) is 2.30. The molecule has 0 saturated heterocycles. The van der Waals surface area contributed by atoms with Gasteiger partial charge < -0.3 is 15.4 Å². The van der Waals surface area contributed by atoms with E-state index in [1.54, 1.807) is 13.2 Å². The highest BCUT2D eigenvalue weighted by molar-refractivity contribution is 14.1. The second kappa shape index (κ2) is 9.31. The molecule has 0 saturated carbocycles. The molecule has 0 fully saturated rings. The van der Waals surface area contributed by atoms with Gasteiger partial charge in [-0.2, -0.15) is 0 Å². The molecule has 27 heavy (non-hydrogen) atoms. The summed E-state index contributed by atoms with van der Waals surface area (Å²) in [5.41, 5.74) is 2.61. The Morgan fingerprint density at radius 2 is 1.89 bits per heavy atom. The standard InChI is InChI=1S/C20H19IN4O2/c1-27-19-12-18(23-13-24-19)22-11-10-14-6-8-15(9-7-14)25-20(26)16-4-2-3-5-17(16)21/h2-9,12-13H,10-11H2,1H3,(H,25,26)(H,22,23,24). The largest absolute Gasteiger partial charge is 0.481 e. The van der Waals surface area contributed by atoms with Crippen molar-refractivity contribution in [3.8, 4) is 5.88 Å². The molecule has 138 valence electrons. The number of benzene rings is 2. The quantitative estimate of drug-likeness (QED) is 0.507. The Morgan fingerprint density at radius 3 is 2.63 bits per heavy atom. The van der Waals surface area contributed by atoms with Crippen molar-refractivity contribution in [2.45, 2.75) is 6.42 Å². The van der Waals surface area contributed by atoms with Gasteiger partial charge in [0.05, 0.1) is 12.7 Å². The van der Waals surface area contributed by atoms with Gasteiger partial charge in [0.25, 0.3) is 5.91 Å². The molecule has 2 aromatic carbocycles. The normalized spacial score (nSPS) is 10.3. The van der Waals surface area contributed by atoms with Gasteiger partial charge in [-0.3, -0.25) is 4.79 Å². The minimum Gasteiger partial charge on any atom is -0.481 e. The Morgan fingerprint density at radius 1 is 1.11 bits per heavy atom. The molecule has 1 amide bonds. The number of halogens is 1. The van der Waals surface area contributed by atoms with Gasteiger partial charge in [0, 0.05) is 21.9 Å². The first kappa shape index (κ1) is 19.1. The van der Waals surface area contributed by atoms with Crippen LogP contribution in [0.4, 0.5) is 11.5 Å². The van der Waals surface area contributed by atoms with Crippen LogP contribution >= 0.6 is 22.6 Å². The Labute approximate surface area is 171 Å². The Balaban J connectivity index is 1.52. The van der Waals surface area contributed by atoms with Crippen LogP contribution < -0.4 is 15.4 Å². The third-order valence-corrected chi connectivity index (χ3v) is 4.84. The maximum Gasteiger partial charge on any atom is 0.256 e. The number of carbonyl (C=O) groups is 1. The molecule has 0 radical (unpaired) electrons. The lowest BCUT2D eigenvalue weighted by molar-refractivity contribution is 0.102. The van der Waals surface area contributed by atoms with Crippen molar-refractivity contribution in [1.29, 1.82) is 0 Å². The number of nitrogens with one attached hydrogen (secondary N) is 2. The number of amides is 1. The third kappa shape index (κ3) is 5.40. The van der Waals surface area contributed by atoms with Crippen molar-refractivity contribution < 1.29 is 9.53 Å². The number of aromatic nitrogens is 2. The van der Waals surface area contributed by atoms with E-state index in [1.807, 2.05) is 48.5 Å². The van der Waals surface area contributed by atoms with Gasteiger partial charge in [0.2, 0.25) is 5.88 Å². The number of anilines is 2. The SMILES string of the molecule is COc1cc(NCCc2ccc(NC(=O)c3ccccc3I)cc2)ncn1. The number of hydrogen-bond donors (Lipinski definition) is 2. The number of hydrogen-bond acceptors (Lipinski definition) is 5. The van der Waals surface area contributed by atoms with Crippen LogP contribution in [0.3, 0.4) is 0 Å². The smallest absolute Gasteiger partial charge is 0.256 e. The predicted molar refractivity (Wildman–Crippen MR) is 114 cm³/mol. The minimum absolute atomic E-state index is 0.105. The van der Waals surface area contributed by atoms with Gasteiger partial charge in [0.1, 0.15) is 12.1 Å². The second-order valence-electron chi connectivity index (χ2n) is 5.75. The Bertz CT molecular complexity index is 916. The van der Waals surface area contributed by atoms with Gasteiger partial charge in [0.15, 0.2) is 0 Å². The predicted octanol–water partition coefficient (Wildman–Crippen LogP) is 4.00. The van der Waals surface area contributed by atoms with Gasteiger partial charge >= 0.3 is 0 Å². The first-order valence-corrected chi connectivity index (χ1v) is 9.48. The van der Waals surface area contributed by atoms with E-state index in [0.717, 1.165) is 33.6 Å². The zero-order chi connectivity index (χ0) is 19.1. The first-order valence-electron chi connectivity index (χ1n) is 8.40. The molecule has 1 heterocycles. The van der Waals surface area contributed by atoms with E-state index in [4.69, 9.17) is 4.74 Å². The maximum absolute atomic E-state index is 12.4. The van der Waals surface area contributed by atoms with Crippen molar-refractivity contribution in [2.75, 3.05) is 24.3 Å². The van der Waals surface area contributed by atoms with Crippen LogP contribution in [0.2, 0.25) is 0 Å². The Kier molecular flexibility index (Phi) is 6.59. The fourth-order valence-electron chi connectivity index (χ4n) is 2.48. The third-order valence-electron chi connectivity index (χ3n) is 3.90. The van der Waals surface area contributed by atoms with Crippen molar-refractivity contribution in [2.24, 2.45) is 0 Å². The number of ether oxygens (including phenoxy) is 1. The highest BCUT2D eigenvalue weighted by atomic mass is 127. The molecule has 3 rings (SSSR count). The van der Waals surface area contributed by atoms with Crippen LogP contribution in [0.1, 0.15) is 15.9 Å². The number of carbonyl (C=O) groups excluding carboxylic acids is 1. The lowest BCUT2D eigenvalue weighted by Crippen LogP contribution is -2.13. The van der Waals surface area contributed by atoms with Crippen LogP contribution in [0.5, 0.6) is 5.88 Å². The summed E-state index contributed by atoms with van der Waals surface area (Å²) in [6, 6.07) is 17.1. The highest BCUT2D eigenvalue weighted by Crippen LogP contribution is 2.16. The van der Waals surface area contributed by atoms with E-state index in [9.17, 15) is 4.79 Å². The van der Waals surface area contributed by atoms with Crippen LogP contribution in [0.15, 0.2) is 60.9 Å². The number of methoxy groups -OCH3 is 1. The molecule has 0 atom stereocenters. The summed E-state index contributed by atoms with van der Waals surface area (Å²) in [6.45, 7) is 0.730. The summed E-state index contributed by atoms with van der Waals surface area (Å²) in [5.74, 6) is 1.15. The fraction of sp³-hybridized carbons (Fsp3) is 0.150. The second-order valence-corrected chi connectivity index (χ2v) is 6.92. The number of rotatable bonds is 7. The first-order chi connectivity index (χ1) is 13.2. The highest BCUT2D eigenvalue weighted by Gasteiger charge is 2.09. The molecular formula is C20H19IN4O2. The minimum atomic E-state index is -0.105. The molecular weight excluding hydrogens is 455 g/mol. The molecule has 0 aliphatic heterocycles. The monoisotopic (exact) mass is 474 g/mol. The average Bonchev–Trinajstić information content (AvgIpc) is 2.70. The zero-order valence-corrected chi connectivity index (χ0v) is 16.9. The molecule has 3 aromatic rings. The lowest BCUT2D eigenvalue weighted by atomic mass is 10.1. The van der Waals surface area contributed by atoms with Crippen LogP contribution in [-0.2, 0) is 6.42 Å². The van der Waals surface area contributed by atoms with Gasteiger partial charge in [-0.1, -0.05) is 24.3 Å². The zero-order valence-electron chi connectivity index (χ0n) is 14.8. The van der Waals surface area contributed by atoms with E-state index in [-0.39, 0.29) is 5.91 Å². The molecule has 0 bridgehead atoms. The van der Waals surface area contributed by atoms with Crippen molar-refractivity contribution in [3.63, 3.8) is 0 Å². The van der Waals surface area contributed by atoms with E-state index in [0.29, 0.717) is 11.4 Å². The molecule has 2 N–H and O–H groups in total. The summed E-state index contributed by atoms with van der Waals surface area (Å²) < 4.78 is 6.00. The topological polar surface area (TPSA) is 76.1 Å². The van der Waals surface area contributed by atoms with E-state index >= 15 is 0 Å². The fourth-order valence-corrected chi connectivity index (χ4v) is 3.11. The molecule has 0 aliphatic rings. The Hall–Kier alpha value is -2.68. The molecule has 0 unspecified atom stereocenters. The van der Waals surface area contributed by atoms with E-state index < -0.39 is 0 Å². The summed E-state index contributed by atoms with van der Waals surface area (Å²) >= 11 is 2.16. The summed E-state index contributed by atoms with van der Waals surface area (Å²) in [7, 11) is 1.57. The van der Waals surface area contributed by atoms with Crippen molar-refractivity contribution in [1.82, 2.24) is 9.97 Å². The molecule has 0 spiro atoms. The van der Waals surface area contributed by atoms with Gasteiger partial charge in [-0.05, 0) is 58.8 Å². The molecule has 0 aliphatic carbocycles. The number of nitrogens with zero attached hydrogens (tertiary/aromatic N) is 2. The maximum atomic E-state index is 12.4. The van der Waals surface area contributed by atoms with Crippen molar-refractivity contribution >= 4 is 40.0 Å². The van der Waals surface area contributed by atoms with Crippen LogP contribution in [0.25, 0.3) is 0 Å². The van der Waals surface area contributed by atoms with E-state index in [1.165, 1.54) is 6.33 Å². The van der Waals surface area contributed by atoms with Crippen LogP contribution in [0, 0.1) is 3.57 Å². The van der Waals surface area contributed by atoms with Crippen molar-refractivity contribution in [3.05, 3.63) is 75.6 Å².